The summed E-state index contributed by atoms with van der Waals surface area (Å²) in [5.41, 5.74) is 1.23. The summed E-state index contributed by atoms with van der Waals surface area (Å²) in [4.78, 5) is 11.4. The van der Waals surface area contributed by atoms with E-state index < -0.39 is 0 Å². The van der Waals surface area contributed by atoms with Crippen molar-refractivity contribution in [1.82, 2.24) is 9.97 Å². The van der Waals surface area contributed by atoms with Gasteiger partial charge in [-0.1, -0.05) is 13.3 Å². The molecule has 0 spiro atoms. The lowest BCUT2D eigenvalue weighted by molar-refractivity contribution is 0.202. The molecule has 0 aromatic carbocycles. The van der Waals surface area contributed by atoms with Gasteiger partial charge in [0.2, 0.25) is 0 Å². The Labute approximate surface area is 128 Å². The molecule has 1 atom stereocenters. The summed E-state index contributed by atoms with van der Waals surface area (Å²) in [6.45, 7) is 6.11. The first-order valence-electron chi connectivity index (χ1n) is 8.00. The number of nitrogens with one attached hydrogen (secondary N) is 1. The number of anilines is 2. The van der Waals surface area contributed by atoms with Crippen molar-refractivity contribution in [1.29, 1.82) is 0 Å². The first-order chi connectivity index (χ1) is 10.2. The van der Waals surface area contributed by atoms with E-state index in [4.69, 9.17) is 4.74 Å². The maximum absolute atomic E-state index is 5.30. The van der Waals surface area contributed by atoms with Gasteiger partial charge in [0.1, 0.15) is 18.0 Å². The van der Waals surface area contributed by atoms with Gasteiger partial charge in [-0.3, -0.25) is 0 Å². The quantitative estimate of drug-likeness (QED) is 0.758. The zero-order valence-electron chi connectivity index (χ0n) is 13.7. The van der Waals surface area contributed by atoms with E-state index in [0.29, 0.717) is 6.04 Å². The van der Waals surface area contributed by atoms with Gasteiger partial charge in [0.05, 0.1) is 6.61 Å². The van der Waals surface area contributed by atoms with Crippen molar-refractivity contribution < 1.29 is 4.74 Å². The van der Waals surface area contributed by atoms with Crippen LogP contribution in [0.2, 0.25) is 0 Å². The Kier molecular flexibility index (Phi) is 5.79. The number of hydrogen-bond donors (Lipinski definition) is 1. The van der Waals surface area contributed by atoms with E-state index in [1.165, 1.54) is 18.4 Å². The molecule has 1 saturated carbocycles. The third kappa shape index (κ3) is 3.84. The highest BCUT2D eigenvalue weighted by atomic mass is 16.5. The average Bonchev–Trinajstić information content (AvgIpc) is 3.33. The Morgan fingerprint density at radius 3 is 2.76 bits per heavy atom. The average molecular weight is 292 g/mol. The molecule has 0 saturated heterocycles. The lowest BCUT2D eigenvalue weighted by atomic mass is 10.1. The van der Waals surface area contributed by atoms with Gasteiger partial charge in [0.25, 0.3) is 0 Å². The van der Waals surface area contributed by atoms with E-state index >= 15 is 0 Å². The van der Waals surface area contributed by atoms with Crippen LogP contribution in [-0.2, 0) is 11.2 Å². The molecule has 1 aromatic heterocycles. The maximum atomic E-state index is 5.30. The molecule has 5 heteroatoms. The largest absolute Gasteiger partial charge is 0.383 e. The van der Waals surface area contributed by atoms with Crippen molar-refractivity contribution in [3.63, 3.8) is 0 Å². The number of methoxy groups -OCH3 is 1. The Balaban J connectivity index is 2.32. The van der Waals surface area contributed by atoms with Crippen LogP contribution in [0.15, 0.2) is 6.33 Å². The summed E-state index contributed by atoms with van der Waals surface area (Å²) in [6, 6.07) is 0.510. The molecule has 1 aromatic rings. The summed E-state index contributed by atoms with van der Waals surface area (Å²) in [5.74, 6) is 2.82. The van der Waals surface area contributed by atoms with Crippen LogP contribution < -0.4 is 10.2 Å². The van der Waals surface area contributed by atoms with Gasteiger partial charge >= 0.3 is 0 Å². The molecule has 1 heterocycles. The van der Waals surface area contributed by atoms with E-state index in [9.17, 15) is 0 Å². The van der Waals surface area contributed by atoms with Crippen LogP contribution in [-0.4, -0.2) is 43.3 Å². The van der Waals surface area contributed by atoms with E-state index in [1.54, 1.807) is 13.4 Å². The molecule has 1 N–H and O–H groups in total. The second-order valence-corrected chi connectivity index (χ2v) is 5.79. The first-order valence-corrected chi connectivity index (χ1v) is 8.00. The molecule has 0 amide bonds. The van der Waals surface area contributed by atoms with Gasteiger partial charge in [-0.2, -0.15) is 0 Å². The van der Waals surface area contributed by atoms with Crippen LogP contribution in [0.25, 0.3) is 0 Å². The summed E-state index contributed by atoms with van der Waals surface area (Å²) in [6.07, 6.45) is 6.41. The van der Waals surface area contributed by atoms with Gasteiger partial charge in [-0.25, -0.2) is 9.97 Å². The Hall–Kier alpha value is -1.36. The number of hydrogen-bond acceptors (Lipinski definition) is 5. The summed E-state index contributed by atoms with van der Waals surface area (Å²) in [5, 5.41) is 3.21. The molecule has 0 bridgehead atoms. The number of ether oxygens (including phenoxy) is 1. The molecule has 1 fully saturated rings. The van der Waals surface area contributed by atoms with Crippen LogP contribution >= 0.6 is 0 Å². The smallest absolute Gasteiger partial charge is 0.137 e. The fourth-order valence-corrected chi connectivity index (χ4v) is 2.87. The maximum Gasteiger partial charge on any atom is 0.137 e. The molecule has 1 aliphatic rings. The third-order valence-electron chi connectivity index (χ3n) is 4.26. The van der Waals surface area contributed by atoms with Crippen molar-refractivity contribution >= 4 is 11.6 Å². The summed E-state index contributed by atoms with van der Waals surface area (Å²) >= 11 is 0. The molecule has 0 aliphatic heterocycles. The Morgan fingerprint density at radius 2 is 2.19 bits per heavy atom. The molecule has 1 unspecified atom stereocenters. The summed E-state index contributed by atoms with van der Waals surface area (Å²) < 4.78 is 5.30. The van der Waals surface area contributed by atoms with Gasteiger partial charge in [0, 0.05) is 32.3 Å². The van der Waals surface area contributed by atoms with Crippen molar-refractivity contribution in [3.05, 3.63) is 11.9 Å². The zero-order valence-corrected chi connectivity index (χ0v) is 13.7. The van der Waals surface area contributed by atoms with Crippen molar-refractivity contribution in [2.45, 2.75) is 45.6 Å². The fraction of sp³-hybridized carbons (Fsp3) is 0.750. The second-order valence-electron chi connectivity index (χ2n) is 5.79. The normalized spacial score (nSPS) is 15.8. The van der Waals surface area contributed by atoms with Crippen molar-refractivity contribution in [3.8, 4) is 0 Å². The highest BCUT2D eigenvalue weighted by Crippen LogP contribution is 2.37. The Morgan fingerprint density at radius 1 is 1.43 bits per heavy atom. The lowest BCUT2D eigenvalue weighted by Crippen LogP contribution is -2.38. The molecular formula is C16H28N4O. The Bertz CT molecular complexity index is 448. The van der Waals surface area contributed by atoms with Gasteiger partial charge in [-0.05, 0) is 32.1 Å². The minimum absolute atomic E-state index is 0.510. The molecule has 5 nitrogen and oxygen atoms in total. The molecule has 21 heavy (non-hydrogen) atoms. The summed E-state index contributed by atoms with van der Waals surface area (Å²) in [7, 11) is 3.68. The van der Waals surface area contributed by atoms with Crippen LogP contribution in [0.1, 0.15) is 38.7 Å². The van der Waals surface area contributed by atoms with Crippen LogP contribution in [0.3, 0.4) is 0 Å². The monoisotopic (exact) mass is 292 g/mol. The first kappa shape index (κ1) is 16.0. The van der Waals surface area contributed by atoms with Crippen LogP contribution in [0.5, 0.6) is 0 Å². The number of aromatic nitrogens is 2. The van der Waals surface area contributed by atoms with E-state index in [-0.39, 0.29) is 0 Å². The fourth-order valence-electron chi connectivity index (χ4n) is 2.87. The zero-order chi connectivity index (χ0) is 15.2. The lowest BCUT2D eigenvalue weighted by Gasteiger charge is -2.32. The van der Waals surface area contributed by atoms with E-state index in [0.717, 1.165) is 43.5 Å². The molecular weight excluding hydrogens is 264 g/mol. The van der Waals surface area contributed by atoms with E-state index in [2.05, 4.69) is 34.0 Å². The SMILES string of the molecule is CCCc1c(NC)ncnc1N(CCOC)C(C)C1CC1. The molecule has 2 rings (SSSR count). The number of rotatable bonds is 9. The molecule has 0 radical (unpaired) electrons. The van der Waals surface area contributed by atoms with Gasteiger partial charge < -0.3 is 15.0 Å². The standard InChI is InChI=1S/C16H28N4O/c1-5-6-14-15(17-3)18-11-19-16(14)20(9-10-21-4)12(2)13-7-8-13/h11-13H,5-10H2,1-4H3,(H,17,18,19). The third-order valence-corrected chi connectivity index (χ3v) is 4.26. The minimum Gasteiger partial charge on any atom is -0.383 e. The van der Waals surface area contributed by atoms with Crippen molar-refractivity contribution in [2.75, 3.05) is 37.5 Å². The van der Waals surface area contributed by atoms with Gasteiger partial charge in [0.15, 0.2) is 0 Å². The predicted octanol–water partition coefficient (Wildman–Crippen LogP) is 2.72. The topological polar surface area (TPSA) is 50.3 Å². The van der Waals surface area contributed by atoms with Crippen LogP contribution in [0, 0.1) is 5.92 Å². The van der Waals surface area contributed by atoms with Crippen LogP contribution in [0.4, 0.5) is 11.6 Å². The highest BCUT2D eigenvalue weighted by Gasteiger charge is 2.33. The molecule has 118 valence electrons. The van der Waals surface area contributed by atoms with Gasteiger partial charge in [-0.15, -0.1) is 0 Å². The second kappa shape index (κ2) is 7.59. The van der Waals surface area contributed by atoms with E-state index in [1.807, 2.05) is 7.05 Å². The minimum atomic E-state index is 0.510. The highest BCUT2D eigenvalue weighted by molar-refractivity contribution is 5.59. The van der Waals surface area contributed by atoms with Crippen molar-refractivity contribution in [2.24, 2.45) is 5.92 Å². The predicted molar refractivity (Wildman–Crippen MR) is 87.0 cm³/mol. The molecule has 1 aliphatic carbocycles. The number of nitrogens with zero attached hydrogens (tertiary/aromatic N) is 3.